The van der Waals surface area contributed by atoms with E-state index in [9.17, 15) is 13.2 Å². The third-order valence-electron chi connectivity index (χ3n) is 2.60. The average molecular weight is 361 g/mol. The minimum absolute atomic E-state index is 0.251. The summed E-state index contributed by atoms with van der Waals surface area (Å²) >= 11 is 3.07. The second kappa shape index (κ2) is 6.91. The largest absolute Gasteiger partial charge is 0.573 e. The molecule has 0 saturated heterocycles. The monoisotopic (exact) mass is 360 g/mol. The van der Waals surface area contributed by atoms with Crippen molar-refractivity contribution in [2.75, 3.05) is 0 Å². The van der Waals surface area contributed by atoms with Gasteiger partial charge in [-0.15, -0.1) is 13.2 Å². The molecule has 0 spiro atoms. The van der Waals surface area contributed by atoms with E-state index in [2.05, 4.69) is 31.0 Å². The molecule has 112 valence electrons. The number of hydrogen-bond donors (Lipinski definition) is 1. The first kappa shape index (κ1) is 15.8. The van der Waals surface area contributed by atoms with Gasteiger partial charge in [-0.2, -0.15) is 0 Å². The molecular weight excluding hydrogens is 349 g/mol. The summed E-state index contributed by atoms with van der Waals surface area (Å²) in [6.45, 7) is 1.16. The standard InChI is InChI=1S/C14H12BrF3N2O/c15-12-6-10(3-4-13(12)21-14(16,17)18)7-20-9-11-2-1-5-19-8-11/h1-6,8,20H,7,9H2. The van der Waals surface area contributed by atoms with Crippen LogP contribution in [0.2, 0.25) is 0 Å². The predicted molar refractivity (Wildman–Crippen MR) is 75.6 cm³/mol. The molecule has 1 aromatic carbocycles. The van der Waals surface area contributed by atoms with Crippen LogP contribution in [0.1, 0.15) is 11.1 Å². The van der Waals surface area contributed by atoms with E-state index in [-0.39, 0.29) is 10.2 Å². The lowest BCUT2D eigenvalue weighted by Crippen LogP contribution is -2.17. The third kappa shape index (κ3) is 5.35. The van der Waals surface area contributed by atoms with Crippen LogP contribution in [0.15, 0.2) is 47.2 Å². The maximum atomic E-state index is 12.2. The van der Waals surface area contributed by atoms with Crippen LogP contribution < -0.4 is 10.1 Å². The molecule has 0 aliphatic carbocycles. The van der Waals surface area contributed by atoms with Gasteiger partial charge >= 0.3 is 6.36 Å². The molecule has 0 atom stereocenters. The highest BCUT2D eigenvalue weighted by Crippen LogP contribution is 2.31. The van der Waals surface area contributed by atoms with Crippen molar-refractivity contribution in [1.82, 2.24) is 10.3 Å². The molecule has 21 heavy (non-hydrogen) atoms. The van der Waals surface area contributed by atoms with Crippen LogP contribution in [0.3, 0.4) is 0 Å². The van der Waals surface area contributed by atoms with E-state index in [1.54, 1.807) is 24.5 Å². The molecule has 0 aliphatic rings. The molecule has 2 rings (SSSR count). The number of benzene rings is 1. The fourth-order valence-corrected chi connectivity index (χ4v) is 2.22. The molecule has 0 bridgehead atoms. The summed E-state index contributed by atoms with van der Waals surface area (Å²) in [7, 11) is 0. The van der Waals surface area contributed by atoms with Crippen molar-refractivity contribution in [3.8, 4) is 5.75 Å². The van der Waals surface area contributed by atoms with Crippen molar-refractivity contribution in [3.05, 3.63) is 58.3 Å². The predicted octanol–water partition coefficient (Wildman–Crippen LogP) is 4.03. The Morgan fingerprint density at radius 3 is 2.52 bits per heavy atom. The Hall–Kier alpha value is -1.60. The molecule has 1 N–H and O–H groups in total. The van der Waals surface area contributed by atoms with Crippen LogP contribution in [-0.4, -0.2) is 11.3 Å². The SMILES string of the molecule is FC(F)(F)Oc1ccc(CNCc2cccnc2)cc1Br. The smallest absolute Gasteiger partial charge is 0.405 e. The van der Waals surface area contributed by atoms with E-state index in [0.29, 0.717) is 13.1 Å². The number of halogens is 4. The van der Waals surface area contributed by atoms with Crippen molar-refractivity contribution in [2.24, 2.45) is 0 Å². The second-order valence-electron chi connectivity index (χ2n) is 4.28. The first-order valence-electron chi connectivity index (χ1n) is 6.08. The van der Waals surface area contributed by atoms with Crippen LogP contribution >= 0.6 is 15.9 Å². The number of nitrogens with one attached hydrogen (secondary N) is 1. The molecule has 0 radical (unpaired) electrons. The number of alkyl halides is 3. The van der Waals surface area contributed by atoms with Crippen molar-refractivity contribution >= 4 is 15.9 Å². The van der Waals surface area contributed by atoms with E-state index in [1.807, 2.05) is 12.1 Å². The summed E-state index contributed by atoms with van der Waals surface area (Å²) in [4.78, 5) is 4.00. The maximum absolute atomic E-state index is 12.2. The molecule has 1 heterocycles. The Kier molecular flexibility index (Phi) is 5.19. The van der Waals surface area contributed by atoms with E-state index >= 15 is 0 Å². The molecule has 1 aromatic heterocycles. The summed E-state index contributed by atoms with van der Waals surface area (Å²) < 4.78 is 40.6. The van der Waals surface area contributed by atoms with Gasteiger partial charge in [-0.3, -0.25) is 4.98 Å². The molecule has 0 saturated carbocycles. The van der Waals surface area contributed by atoms with Gasteiger partial charge in [0.05, 0.1) is 4.47 Å². The van der Waals surface area contributed by atoms with Crippen molar-refractivity contribution < 1.29 is 17.9 Å². The normalized spacial score (nSPS) is 11.4. The molecule has 0 unspecified atom stereocenters. The first-order valence-corrected chi connectivity index (χ1v) is 6.87. The summed E-state index contributed by atoms with van der Waals surface area (Å²) in [5.41, 5.74) is 1.88. The number of rotatable bonds is 5. The summed E-state index contributed by atoms with van der Waals surface area (Å²) in [5, 5.41) is 3.19. The van der Waals surface area contributed by atoms with Gasteiger partial charge < -0.3 is 10.1 Å². The number of hydrogen-bond acceptors (Lipinski definition) is 3. The van der Waals surface area contributed by atoms with Crippen LogP contribution in [0.4, 0.5) is 13.2 Å². The zero-order valence-electron chi connectivity index (χ0n) is 10.8. The van der Waals surface area contributed by atoms with Gasteiger partial charge in [-0.05, 0) is 45.3 Å². The Bertz CT molecular complexity index is 591. The minimum Gasteiger partial charge on any atom is -0.405 e. The third-order valence-corrected chi connectivity index (χ3v) is 3.22. The lowest BCUT2D eigenvalue weighted by atomic mass is 10.2. The van der Waals surface area contributed by atoms with E-state index < -0.39 is 6.36 Å². The lowest BCUT2D eigenvalue weighted by Gasteiger charge is -2.12. The van der Waals surface area contributed by atoms with Crippen LogP contribution in [-0.2, 0) is 13.1 Å². The Labute approximate surface area is 128 Å². The van der Waals surface area contributed by atoms with Crippen LogP contribution in [0, 0.1) is 0 Å². The summed E-state index contributed by atoms with van der Waals surface area (Å²) in [6.07, 6.45) is -1.24. The van der Waals surface area contributed by atoms with Gasteiger partial charge in [0.2, 0.25) is 0 Å². The van der Waals surface area contributed by atoms with Gasteiger partial charge in [-0.1, -0.05) is 12.1 Å². The topological polar surface area (TPSA) is 34.1 Å². The fourth-order valence-electron chi connectivity index (χ4n) is 1.72. The fraction of sp³-hybridized carbons (Fsp3) is 0.214. The van der Waals surface area contributed by atoms with Gasteiger partial charge in [0.25, 0.3) is 0 Å². The van der Waals surface area contributed by atoms with Crippen LogP contribution in [0.5, 0.6) is 5.75 Å². The number of ether oxygens (including phenoxy) is 1. The molecule has 0 fully saturated rings. The average Bonchev–Trinajstić information content (AvgIpc) is 2.42. The maximum Gasteiger partial charge on any atom is 0.573 e. The number of nitrogens with zero attached hydrogens (tertiary/aromatic N) is 1. The van der Waals surface area contributed by atoms with Crippen molar-refractivity contribution in [1.29, 1.82) is 0 Å². The molecule has 7 heteroatoms. The Morgan fingerprint density at radius 1 is 1.14 bits per heavy atom. The molecule has 3 nitrogen and oxygen atoms in total. The zero-order chi connectivity index (χ0) is 15.3. The lowest BCUT2D eigenvalue weighted by molar-refractivity contribution is -0.274. The highest BCUT2D eigenvalue weighted by molar-refractivity contribution is 9.10. The molecule has 2 aromatic rings. The van der Waals surface area contributed by atoms with E-state index in [0.717, 1.165) is 11.1 Å². The summed E-state index contributed by atoms with van der Waals surface area (Å²) in [5.74, 6) is -0.251. The Balaban J connectivity index is 1.91. The van der Waals surface area contributed by atoms with Gasteiger partial charge in [0.15, 0.2) is 0 Å². The van der Waals surface area contributed by atoms with Gasteiger partial charge in [0.1, 0.15) is 5.75 Å². The van der Waals surface area contributed by atoms with Crippen molar-refractivity contribution in [2.45, 2.75) is 19.5 Å². The Morgan fingerprint density at radius 2 is 1.90 bits per heavy atom. The van der Waals surface area contributed by atoms with E-state index in [4.69, 9.17) is 0 Å². The molecular formula is C14H12BrF3N2O. The van der Waals surface area contributed by atoms with Crippen LogP contribution in [0.25, 0.3) is 0 Å². The second-order valence-corrected chi connectivity index (χ2v) is 5.13. The molecule has 0 aliphatic heterocycles. The quantitative estimate of drug-likeness (QED) is 0.873. The number of aromatic nitrogens is 1. The highest BCUT2D eigenvalue weighted by Gasteiger charge is 2.31. The van der Waals surface area contributed by atoms with E-state index in [1.165, 1.54) is 6.07 Å². The van der Waals surface area contributed by atoms with Gasteiger partial charge in [-0.25, -0.2) is 0 Å². The minimum atomic E-state index is -4.69. The zero-order valence-corrected chi connectivity index (χ0v) is 12.4. The van der Waals surface area contributed by atoms with Gasteiger partial charge in [0, 0.05) is 25.5 Å². The molecule has 0 amide bonds. The highest BCUT2D eigenvalue weighted by atomic mass is 79.9. The number of pyridine rings is 1. The first-order chi connectivity index (χ1) is 9.94. The summed E-state index contributed by atoms with van der Waals surface area (Å²) in [6, 6.07) is 8.26. The van der Waals surface area contributed by atoms with Crippen molar-refractivity contribution in [3.63, 3.8) is 0 Å².